The molecule has 1 atom stereocenters. The fraction of sp³-hybridized carbons (Fsp3) is 0.263. The molecule has 5 rings (SSSR count). The second-order valence-electron chi connectivity index (χ2n) is 6.34. The first-order chi connectivity index (χ1) is 12.1. The summed E-state index contributed by atoms with van der Waals surface area (Å²) in [6.07, 6.45) is 0.222. The van der Waals surface area contributed by atoms with Crippen molar-refractivity contribution in [2.75, 3.05) is 13.2 Å². The molecule has 0 saturated carbocycles. The highest BCUT2D eigenvalue weighted by Gasteiger charge is 2.23. The molecular weight excluding hydrogens is 320 g/mol. The summed E-state index contributed by atoms with van der Waals surface area (Å²) in [6, 6.07) is 9.67. The van der Waals surface area contributed by atoms with Crippen LogP contribution in [0.3, 0.4) is 0 Å². The molecule has 6 heteroatoms. The Morgan fingerprint density at radius 1 is 1.00 bits per heavy atom. The summed E-state index contributed by atoms with van der Waals surface area (Å²) < 4.78 is 22.5. The summed E-state index contributed by atoms with van der Waals surface area (Å²) in [5.74, 6) is 1.97. The van der Waals surface area contributed by atoms with Crippen molar-refractivity contribution in [1.29, 1.82) is 0 Å². The molecule has 1 unspecified atom stereocenters. The van der Waals surface area contributed by atoms with E-state index >= 15 is 0 Å². The monoisotopic (exact) mass is 336 g/mol. The minimum Gasteiger partial charge on any atom is -0.491 e. The van der Waals surface area contributed by atoms with Crippen LogP contribution in [0.2, 0.25) is 0 Å². The van der Waals surface area contributed by atoms with E-state index in [1.54, 1.807) is 0 Å². The van der Waals surface area contributed by atoms with E-state index in [-0.39, 0.29) is 6.10 Å². The molecule has 4 aromatic rings. The number of fused-ring (bicyclic) bond motifs is 2. The number of hydrogen-bond acceptors (Lipinski definition) is 6. The summed E-state index contributed by atoms with van der Waals surface area (Å²) in [5.41, 5.74) is 4.87. The van der Waals surface area contributed by atoms with E-state index in [9.17, 15) is 0 Å². The zero-order chi connectivity index (χ0) is 17.0. The molecule has 0 amide bonds. The predicted octanol–water partition coefficient (Wildman–Crippen LogP) is 4.03. The van der Waals surface area contributed by atoms with Crippen molar-refractivity contribution in [1.82, 2.24) is 9.97 Å². The van der Waals surface area contributed by atoms with E-state index in [0.29, 0.717) is 29.6 Å². The van der Waals surface area contributed by atoms with Crippen LogP contribution >= 0.6 is 0 Å². The van der Waals surface area contributed by atoms with Gasteiger partial charge in [0.25, 0.3) is 0 Å². The largest absolute Gasteiger partial charge is 0.491 e. The molecular formula is C19H16N2O4. The number of epoxide rings is 1. The lowest BCUT2D eigenvalue weighted by atomic mass is 10.1. The summed E-state index contributed by atoms with van der Waals surface area (Å²) >= 11 is 0. The third kappa shape index (κ3) is 2.74. The van der Waals surface area contributed by atoms with E-state index in [2.05, 4.69) is 9.97 Å². The van der Waals surface area contributed by atoms with Gasteiger partial charge >= 0.3 is 0 Å². The van der Waals surface area contributed by atoms with Crippen molar-refractivity contribution < 1.29 is 18.3 Å². The third-order valence-corrected chi connectivity index (χ3v) is 4.14. The Kier molecular flexibility index (Phi) is 3.08. The van der Waals surface area contributed by atoms with Gasteiger partial charge in [-0.3, -0.25) is 0 Å². The maximum atomic E-state index is 5.94. The van der Waals surface area contributed by atoms with Crippen molar-refractivity contribution >= 4 is 22.2 Å². The minimum absolute atomic E-state index is 0.222. The topological polar surface area (TPSA) is 73.8 Å². The minimum atomic E-state index is 0.222. The maximum Gasteiger partial charge on any atom is 0.227 e. The zero-order valence-corrected chi connectivity index (χ0v) is 13.9. The van der Waals surface area contributed by atoms with Crippen LogP contribution in [-0.2, 0) is 4.74 Å². The maximum absolute atomic E-state index is 5.94. The molecule has 6 nitrogen and oxygen atoms in total. The van der Waals surface area contributed by atoms with Gasteiger partial charge in [-0.15, -0.1) is 0 Å². The average molecular weight is 336 g/mol. The Morgan fingerprint density at radius 2 is 1.80 bits per heavy atom. The summed E-state index contributed by atoms with van der Waals surface area (Å²) in [6.45, 7) is 5.19. The molecule has 0 radical (unpaired) electrons. The van der Waals surface area contributed by atoms with Gasteiger partial charge in [-0.05, 0) is 36.8 Å². The first-order valence-electron chi connectivity index (χ1n) is 8.18. The smallest absolute Gasteiger partial charge is 0.227 e. The van der Waals surface area contributed by atoms with Crippen molar-refractivity contribution in [3.8, 4) is 17.2 Å². The lowest BCUT2D eigenvalue weighted by Gasteiger charge is -2.07. The summed E-state index contributed by atoms with van der Waals surface area (Å²) in [4.78, 5) is 8.94. The molecule has 0 bridgehead atoms. The quantitative estimate of drug-likeness (QED) is 0.524. The zero-order valence-electron chi connectivity index (χ0n) is 13.9. The van der Waals surface area contributed by atoms with Gasteiger partial charge in [0, 0.05) is 18.6 Å². The van der Waals surface area contributed by atoms with Crippen LogP contribution in [0.15, 0.2) is 39.2 Å². The van der Waals surface area contributed by atoms with Crippen LogP contribution in [0, 0.1) is 13.8 Å². The van der Waals surface area contributed by atoms with Crippen molar-refractivity contribution in [3.05, 3.63) is 41.8 Å². The number of oxazole rings is 2. The number of rotatable bonds is 4. The van der Waals surface area contributed by atoms with Gasteiger partial charge in [0.1, 0.15) is 29.5 Å². The van der Waals surface area contributed by atoms with Crippen LogP contribution < -0.4 is 4.74 Å². The van der Waals surface area contributed by atoms with E-state index in [1.165, 1.54) is 0 Å². The fourth-order valence-corrected chi connectivity index (χ4v) is 2.90. The van der Waals surface area contributed by atoms with Gasteiger partial charge < -0.3 is 18.3 Å². The lowest BCUT2D eigenvalue weighted by molar-refractivity contribution is 0.263. The number of benzene rings is 2. The molecule has 2 aromatic carbocycles. The molecule has 2 aromatic heterocycles. The number of ether oxygens (including phenoxy) is 2. The van der Waals surface area contributed by atoms with Crippen molar-refractivity contribution in [3.63, 3.8) is 0 Å². The third-order valence-electron chi connectivity index (χ3n) is 4.14. The van der Waals surface area contributed by atoms with E-state index in [4.69, 9.17) is 18.3 Å². The Balaban J connectivity index is 1.54. The molecule has 1 aliphatic rings. The molecule has 1 fully saturated rings. The first kappa shape index (κ1) is 14.5. The highest BCUT2D eigenvalue weighted by Crippen LogP contribution is 2.31. The van der Waals surface area contributed by atoms with Crippen LogP contribution in [-0.4, -0.2) is 29.3 Å². The van der Waals surface area contributed by atoms with Crippen molar-refractivity contribution in [2.45, 2.75) is 20.0 Å². The van der Waals surface area contributed by atoms with Gasteiger partial charge in [-0.2, -0.15) is 0 Å². The first-order valence-corrected chi connectivity index (χ1v) is 8.18. The van der Waals surface area contributed by atoms with E-state index < -0.39 is 0 Å². The second-order valence-corrected chi connectivity index (χ2v) is 6.34. The lowest BCUT2D eigenvalue weighted by Crippen LogP contribution is -2.04. The van der Waals surface area contributed by atoms with Gasteiger partial charge in [-0.25, -0.2) is 9.97 Å². The van der Waals surface area contributed by atoms with E-state index in [1.807, 2.05) is 44.2 Å². The van der Waals surface area contributed by atoms with Gasteiger partial charge in [0.15, 0.2) is 17.1 Å². The summed E-state index contributed by atoms with van der Waals surface area (Å²) in [5, 5.41) is 0. The Labute approximate surface area is 143 Å². The van der Waals surface area contributed by atoms with Crippen LogP contribution in [0.5, 0.6) is 5.75 Å². The van der Waals surface area contributed by atoms with Crippen LogP contribution in [0.4, 0.5) is 0 Å². The predicted molar refractivity (Wildman–Crippen MR) is 91.7 cm³/mol. The number of aromatic nitrogens is 2. The molecule has 3 heterocycles. The normalized spacial score (nSPS) is 16.6. The Bertz CT molecular complexity index is 1040. The second kappa shape index (κ2) is 5.32. The standard InChI is InChI=1S/C19H16N2O4/c1-10-3-12(5-13(4-10)22-8-14-9-23-14)19-21-16-6-15-17(7-18(16)25-19)24-11(2)20-15/h3-7,14H,8-9H2,1-2H3. The fourth-order valence-electron chi connectivity index (χ4n) is 2.90. The molecule has 126 valence electrons. The molecule has 0 aliphatic carbocycles. The van der Waals surface area contributed by atoms with Crippen LogP contribution in [0.1, 0.15) is 11.5 Å². The molecule has 0 spiro atoms. The number of hydrogen-bond donors (Lipinski definition) is 0. The van der Waals surface area contributed by atoms with E-state index in [0.717, 1.165) is 34.5 Å². The molecule has 1 aliphatic heterocycles. The Morgan fingerprint density at radius 3 is 2.64 bits per heavy atom. The van der Waals surface area contributed by atoms with Gasteiger partial charge in [0.2, 0.25) is 5.89 Å². The molecule has 1 saturated heterocycles. The SMILES string of the molecule is Cc1cc(OCC2CO2)cc(-c2nc3cc4nc(C)oc4cc3o2)c1. The van der Waals surface area contributed by atoms with Crippen LogP contribution in [0.25, 0.3) is 33.7 Å². The average Bonchev–Trinajstić information content (AvgIpc) is 3.20. The number of nitrogens with zero attached hydrogens (tertiary/aromatic N) is 2. The highest BCUT2D eigenvalue weighted by molar-refractivity contribution is 5.90. The molecule has 25 heavy (non-hydrogen) atoms. The Hall–Kier alpha value is -2.86. The molecule has 0 N–H and O–H groups in total. The van der Waals surface area contributed by atoms with Gasteiger partial charge in [0.05, 0.1) is 6.61 Å². The van der Waals surface area contributed by atoms with Gasteiger partial charge in [-0.1, -0.05) is 0 Å². The number of aryl methyl sites for hydroxylation is 2. The highest BCUT2D eigenvalue weighted by atomic mass is 16.6. The van der Waals surface area contributed by atoms with Crippen molar-refractivity contribution in [2.24, 2.45) is 0 Å². The summed E-state index contributed by atoms with van der Waals surface area (Å²) in [7, 11) is 0.